The first kappa shape index (κ1) is 13.5. The lowest BCUT2D eigenvalue weighted by Crippen LogP contribution is -1.95. The lowest BCUT2D eigenvalue weighted by Gasteiger charge is -2.00. The monoisotopic (exact) mass is 305 g/mol. The summed E-state index contributed by atoms with van der Waals surface area (Å²) in [5.41, 5.74) is 0.865. The molecular formula is C14H9ClFN3O2. The highest BCUT2D eigenvalue weighted by Gasteiger charge is 2.13. The molecule has 0 bridgehead atoms. The average Bonchev–Trinajstić information content (AvgIpc) is 2.93. The fourth-order valence-electron chi connectivity index (χ4n) is 1.84. The molecule has 0 aliphatic rings. The van der Waals surface area contributed by atoms with Gasteiger partial charge in [0.2, 0.25) is 0 Å². The number of rotatable bonds is 3. The van der Waals surface area contributed by atoms with Crippen LogP contribution in [0.15, 0.2) is 41.2 Å². The van der Waals surface area contributed by atoms with Gasteiger partial charge in [0.1, 0.15) is 11.6 Å². The van der Waals surface area contributed by atoms with E-state index in [1.807, 2.05) is 0 Å². The molecule has 0 fully saturated rings. The SMILES string of the molecule is Oc1cncc(-c2nc(Cc3cccc(Cl)c3F)no2)c1. The second-order valence-electron chi connectivity index (χ2n) is 4.34. The van der Waals surface area contributed by atoms with Crippen molar-refractivity contribution in [2.24, 2.45) is 0 Å². The van der Waals surface area contributed by atoms with E-state index in [2.05, 4.69) is 15.1 Å². The van der Waals surface area contributed by atoms with Crippen LogP contribution in [0.5, 0.6) is 5.75 Å². The second kappa shape index (κ2) is 5.49. The van der Waals surface area contributed by atoms with Gasteiger partial charge >= 0.3 is 0 Å². The quantitative estimate of drug-likeness (QED) is 0.804. The predicted octanol–water partition coefficient (Wildman–Crippen LogP) is 3.22. The van der Waals surface area contributed by atoms with Crippen molar-refractivity contribution in [2.45, 2.75) is 6.42 Å². The summed E-state index contributed by atoms with van der Waals surface area (Å²) in [6.07, 6.45) is 2.93. The Morgan fingerprint density at radius 2 is 2.14 bits per heavy atom. The van der Waals surface area contributed by atoms with E-state index >= 15 is 0 Å². The highest BCUT2D eigenvalue weighted by molar-refractivity contribution is 6.30. The number of aromatic nitrogens is 3. The van der Waals surface area contributed by atoms with Gasteiger partial charge in [0.25, 0.3) is 5.89 Å². The van der Waals surface area contributed by atoms with Gasteiger partial charge in [-0.05, 0) is 17.7 Å². The van der Waals surface area contributed by atoms with E-state index in [0.29, 0.717) is 17.0 Å². The van der Waals surface area contributed by atoms with Gasteiger partial charge in [-0.25, -0.2) is 4.39 Å². The van der Waals surface area contributed by atoms with Crippen LogP contribution in [0.4, 0.5) is 4.39 Å². The lowest BCUT2D eigenvalue weighted by molar-refractivity contribution is 0.422. The zero-order valence-electron chi connectivity index (χ0n) is 10.6. The molecule has 0 radical (unpaired) electrons. The minimum absolute atomic E-state index is 0.00636. The molecule has 0 saturated heterocycles. The number of hydrogen-bond acceptors (Lipinski definition) is 5. The number of pyridine rings is 1. The normalized spacial score (nSPS) is 10.8. The van der Waals surface area contributed by atoms with Gasteiger partial charge in [-0.15, -0.1) is 0 Å². The maximum absolute atomic E-state index is 13.8. The number of halogens is 2. The molecule has 21 heavy (non-hydrogen) atoms. The van der Waals surface area contributed by atoms with Gasteiger partial charge < -0.3 is 9.63 Å². The van der Waals surface area contributed by atoms with E-state index in [0.717, 1.165) is 0 Å². The molecule has 106 valence electrons. The highest BCUT2D eigenvalue weighted by Crippen LogP contribution is 2.22. The standard InChI is InChI=1S/C14H9ClFN3O2/c15-11-3-1-2-8(13(11)16)5-12-18-14(21-19-12)9-4-10(20)7-17-6-9/h1-4,6-7,20H,5H2. The molecule has 3 aromatic rings. The van der Waals surface area contributed by atoms with Crippen LogP contribution >= 0.6 is 11.6 Å². The van der Waals surface area contributed by atoms with Gasteiger partial charge in [0.05, 0.1) is 16.8 Å². The van der Waals surface area contributed by atoms with Crippen molar-refractivity contribution >= 4 is 11.6 Å². The summed E-state index contributed by atoms with van der Waals surface area (Å²) in [5, 5.41) is 13.2. The summed E-state index contributed by atoms with van der Waals surface area (Å²) in [6, 6.07) is 6.18. The molecule has 0 aliphatic carbocycles. The van der Waals surface area contributed by atoms with Crippen LogP contribution in [0.3, 0.4) is 0 Å². The molecule has 0 aliphatic heterocycles. The Bertz CT molecular complexity index is 791. The van der Waals surface area contributed by atoms with Gasteiger partial charge in [0, 0.05) is 12.6 Å². The summed E-state index contributed by atoms with van der Waals surface area (Å²) in [5.74, 6) is 0.0167. The molecule has 2 aromatic heterocycles. The zero-order valence-corrected chi connectivity index (χ0v) is 11.4. The van der Waals surface area contributed by atoms with Crippen LogP contribution in [-0.4, -0.2) is 20.2 Å². The Hall–Kier alpha value is -2.47. The summed E-state index contributed by atoms with van der Waals surface area (Å²) in [4.78, 5) is 7.97. The first-order chi connectivity index (χ1) is 10.1. The van der Waals surface area contributed by atoms with Gasteiger partial charge in [-0.2, -0.15) is 4.98 Å². The molecule has 1 aromatic carbocycles. The molecule has 2 heterocycles. The number of hydrogen-bond donors (Lipinski definition) is 1. The van der Waals surface area contributed by atoms with Crippen LogP contribution in [0.25, 0.3) is 11.5 Å². The van der Waals surface area contributed by atoms with Crippen LogP contribution in [-0.2, 0) is 6.42 Å². The van der Waals surface area contributed by atoms with Crippen LogP contribution < -0.4 is 0 Å². The smallest absolute Gasteiger partial charge is 0.259 e. The first-order valence-corrected chi connectivity index (χ1v) is 6.41. The van der Waals surface area contributed by atoms with E-state index in [1.54, 1.807) is 12.1 Å². The Balaban J connectivity index is 1.87. The van der Waals surface area contributed by atoms with Gasteiger partial charge in [-0.3, -0.25) is 4.98 Å². The third kappa shape index (κ3) is 2.85. The maximum atomic E-state index is 13.8. The van der Waals surface area contributed by atoms with Crippen molar-refractivity contribution in [1.29, 1.82) is 0 Å². The molecule has 3 rings (SSSR count). The number of benzene rings is 1. The van der Waals surface area contributed by atoms with Crippen molar-refractivity contribution in [2.75, 3.05) is 0 Å². The number of nitrogens with zero attached hydrogens (tertiary/aromatic N) is 3. The maximum Gasteiger partial charge on any atom is 0.259 e. The van der Waals surface area contributed by atoms with Gasteiger partial charge in [-0.1, -0.05) is 28.9 Å². The van der Waals surface area contributed by atoms with Crippen molar-refractivity contribution < 1.29 is 14.0 Å². The minimum atomic E-state index is -0.496. The molecule has 0 spiro atoms. The molecule has 5 nitrogen and oxygen atoms in total. The van der Waals surface area contributed by atoms with E-state index < -0.39 is 5.82 Å². The van der Waals surface area contributed by atoms with E-state index in [-0.39, 0.29) is 23.1 Å². The molecule has 0 unspecified atom stereocenters. The highest BCUT2D eigenvalue weighted by atomic mass is 35.5. The molecule has 0 atom stereocenters. The third-order valence-electron chi connectivity index (χ3n) is 2.82. The Kier molecular flexibility index (Phi) is 3.53. The van der Waals surface area contributed by atoms with Crippen LogP contribution in [0.1, 0.15) is 11.4 Å². The molecular weight excluding hydrogens is 297 g/mol. The minimum Gasteiger partial charge on any atom is -0.506 e. The summed E-state index contributed by atoms with van der Waals surface area (Å²) < 4.78 is 18.9. The number of aromatic hydroxyl groups is 1. The topological polar surface area (TPSA) is 72.0 Å². The fourth-order valence-corrected chi connectivity index (χ4v) is 2.04. The third-order valence-corrected chi connectivity index (χ3v) is 3.11. The average molecular weight is 306 g/mol. The Morgan fingerprint density at radius 1 is 1.29 bits per heavy atom. The predicted molar refractivity (Wildman–Crippen MR) is 73.4 cm³/mol. The van der Waals surface area contributed by atoms with Crippen molar-refractivity contribution in [3.05, 3.63) is 58.9 Å². The Labute approximate surface area is 124 Å². The molecule has 0 amide bonds. The summed E-state index contributed by atoms with van der Waals surface area (Å²) in [6.45, 7) is 0. The van der Waals surface area contributed by atoms with Crippen molar-refractivity contribution in [3.63, 3.8) is 0 Å². The van der Waals surface area contributed by atoms with Crippen molar-refractivity contribution in [3.8, 4) is 17.2 Å². The van der Waals surface area contributed by atoms with E-state index in [4.69, 9.17) is 16.1 Å². The van der Waals surface area contributed by atoms with Gasteiger partial charge in [0.15, 0.2) is 5.82 Å². The lowest BCUT2D eigenvalue weighted by atomic mass is 10.1. The molecule has 7 heteroatoms. The van der Waals surface area contributed by atoms with Crippen LogP contribution in [0, 0.1) is 5.82 Å². The molecule has 1 N–H and O–H groups in total. The zero-order chi connectivity index (χ0) is 14.8. The summed E-state index contributed by atoms with van der Waals surface area (Å²) in [7, 11) is 0. The Morgan fingerprint density at radius 3 is 2.95 bits per heavy atom. The molecule has 0 saturated carbocycles. The van der Waals surface area contributed by atoms with E-state index in [1.165, 1.54) is 24.5 Å². The fraction of sp³-hybridized carbons (Fsp3) is 0.0714. The van der Waals surface area contributed by atoms with Crippen LogP contribution in [0.2, 0.25) is 5.02 Å². The first-order valence-electron chi connectivity index (χ1n) is 6.03. The largest absolute Gasteiger partial charge is 0.506 e. The van der Waals surface area contributed by atoms with E-state index in [9.17, 15) is 9.50 Å². The van der Waals surface area contributed by atoms with Crippen molar-refractivity contribution in [1.82, 2.24) is 15.1 Å². The summed E-state index contributed by atoms with van der Waals surface area (Å²) >= 11 is 5.72. The second-order valence-corrected chi connectivity index (χ2v) is 4.74.